The van der Waals surface area contributed by atoms with Crippen molar-refractivity contribution in [1.82, 2.24) is 9.55 Å². The number of hydrogen-bond donors (Lipinski definition) is 1. The summed E-state index contributed by atoms with van der Waals surface area (Å²) < 4.78 is 6.93. The largest absolute Gasteiger partial charge is 0.462 e. The number of aryl methyl sites for hydroxylation is 2. The highest BCUT2D eigenvalue weighted by Gasteiger charge is 2.22. The number of amides is 1. The Morgan fingerprint density at radius 3 is 2.78 bits per heavy atom. The minimum atomic E-state index is -0.401. The maximum absolute atomic E-state index is 12.2. The van der Waals surface area contributed by atoms with Crippen LogP contribution in [0.2, 0.25) is 0 Å². The summed E-state index contributed by atoms with van der Waals surface area (Å²) >= 11 is 2.73. The minimum Gasteiger partial charge on any atom is -0.462 e. The number of aromatic nitrogens is 2. The van der Waals surface area contributed by atoms with Crippen LogP contribution < -0.4 is 5.32 Å². The average Bonchev–Trinajstić information content (AvgIpc) is 3.01. The number of ether oxygens (including phenoxy) is 1. The van der Waals surface area contributed by atoms with E-state index in [9.17, 15) is 9.59 Å². The number of carbonyl (C=O) groups excluding carboxylic acids is 2. The molecule has 2 aromatic heterocycles. The summed E-state index contributed by atoms with van der Waals surface area (Å²) in [5.74, 6) is -0.352. The SMILES string of the molecule is CCOC(=O)c1c(NC(=O)CSc2nccn2C)sc(C)c1C. The standard InChI is InChI=1S/C15H19N3O3S2/c1-5-21-14(20)12-9(2)10(3)23-13(12)17-11(19)8-22-15-16-6-7-18(15)4/h6-7H,5,8H2,1-4H3,(H,17,19). The molecule has 1 N–H and O–H groups in total. The lowest BCUT2D eigenvalue weighted by atomic mass is 10.1. The van der Waals surface area contributed by atoms with Gasteiger partial charge >= 0.3 is 5.97 Å². The van der Waals surface area contributed by atoms with Crippen molar-refractivity contribution >= 4 is 40.0 Å². The first-order chi connectivity index (χ1) is 10.9. The van der Waals surface area contributed by atoms with E-state index in [0.29, 0.717) is 17.2 Å². The van der Waals surface area contributed by atoms with Crippen LogP contribution in [-0.4, -0.2) is 33.8 Å². The van der Waals surface area contributed by atoms with Crippen LogP contribution in [0.3, 0.4) is 0 Å². The van der Waals surface area contributed by atoms with E-state index in [4.69, 9.17) is 4.74 Å². The topological polar surface area (TPSA) is 73.2 Å². The Labute approximate surface area is 143 Å². The van der Waals surface area contributed by atoms with Crippen molar-refractivity contribution in [2.75, 3.05) is 17.7 Å². The Bertz CT molecular complexity index is 722. The molecule has 0 bridgehead atoms. The third-order valence-corrected chi connectivity index (χ3v) is 5.41. The van der Waals surface area contributed by atoms with Crippen molar-refractivity contribution in [3.05, 3.63) is 28.4 Å². The molecule has 2 aromatic rings. The molecule has 0 spiro atoms. The second kappa shape index (κ2) is 7.65. The van der Waals surface area contributed by atoms with E-state index in [0.717, 1.165) is 15.6 Å². The fourth-order valence-electron chi connectivity index (χ4n) is 1.95. The lowest BCUT2D eigenvalue weighted by Gasteiger charge is -2.07. The molecule has 8 heteroatoms. The maximum atomic E-state index is 12.2. The summed E-state index contributed by atoms with van der Waals surface area (Å²) in [6.07, 6.45) is 3.51. The van der Waals surface area contributed by atoms with E-state index in [1.165, 1.54) is 23.1 Å². The summed E-state index contributed by atoms with van der Waals surface area (Å²) in [6.45, 7) is 5.83. The fraction of sp³-hybridized carbons (Fsp3) is 0.400. The summed E-state index contributed by atoms with van der Waals surface area (Å²) in [7, 11) is 1.87. The Morgan fingerprint density at radius 2 is 2.17 bits per heavy atom. The number of nitrogens with zero attached hydrogens (tertiary/aromatic N) is 2. The Balaban J connectivity index is 2.07. The van der Waals surface area contributed by atoms with Gasteiger partial charge in [-0.25, -0.2) is 9.78 Å². The zero-order chi connectivity index (χ0) is 17.0. The lowest BCUT2D eigenvalue weighted by molar-refractivity contribution is -0.113. The Hall–Kier alpha value is -1.80. The van der Waals surface area contributed by atoms with Crippen LogP contribution in [0.25, 0.3) is 0 Å². The first-order valence-corrected chi connectivity index (χ1v) is 8.91. The third kappa shape index (κ3) is 4.14. The molecule has 2 rings (SSSR count). The smallest absolute Gasteiger partial charge is 0.341 e. The zero-order valence-electron chi connectivity index (χ0n) is 13.5. The fourth-order valence-corrected chi connectivity index (χ4v) is 3.74. The monoisotopic (exact) mass is 353 g/mol. The molecular weight excluding hydrogens is 334 g/mol. The van der Waals surface area contributed by atoms with Crippen molar-refractivity contribution in [2.45, 2.75) is 25.9 Å². The molecule has 0 unspecified atom stereocenters. The van der Waals surface area contributed by atoms with Gasteiger partial charge in [-0.05, 0) is 26.3 Å². The van der Waals surface area contributed by atoms with E-state index in [1.807, 2.05) is 31.7 Å². The van der Waals surface area contributed by atoms with Gasteiger partial charge in [-0.15, -0.1) is 11.3 Å². The lowest BCUT2D eigenvalue weighted by Crippen LogP contribution is -2.16. The van der Waals surface area contributed by atoms with Gasteiger partial charge in [-0.1, -0.05) is 11.8 Å². The molecule has 0 atom stereocenters. The van der Waals surface area contributed by atoms with Crippen molar-refractivity contribution in [3.8, 4) is 0 Å². The van der Waals surface area contributed by atoms with Gasteiger partial charge in [0.05, 0.1) is 17.9 Å². The van der Waals surface area contributed by atoms with Crippen molar-refractivity contribution in [2.24, 2.45) is 7.05 Å². The quantitative estimate of drug-likeness (QED) is 0.638. The van der Waals surface area contributed by atoms with Gasteiger partial charge in [0.25, 0.3) is 0 Å². The predicted molar refractivity (Wildman–Crippen MR) is 92.3 cm³/mol. The molecule has 1 amide bonds. The number of thiophene rings is 1. The Morgan fingerprint density at radius 1 is 1.43 bits per heavy atom. The van der Waals surface area contributed by atoms with Crippen molar-refractivity contribution in [1.29, 1.82) is 0 Å². The van der Waals surface area contributed by atoms with Crippen LogP contribution in [0.15, 0.2) is 17.6 Å². The van der Waals surface area contributed by atoms with Crippen LogP contribution in [0.5, 0.6) is 0 Å². The first-order valence-electron chi connectivity index (χ1n) is 7.11. The zero-order valence-corrected chi connectivity index (χ0v) is 15.1. The number of esters is 1. The minimum absolute atomic E-state index is 0.176. The molecule has 0 aliphatic rings. The second-order valence-corrected chi connectivity index (χ2v) is 7.03. The van der Waals surface area contributed by atoms with Gasteiger partial charge in [0, 0.05) is 24.3 Å². The summed E-state index contributed by atoms with van der Waals surface area (Å²) in [4.78, 5) is 29.4. The number of thioether (sulfide) groups is 1. The molecule has 124 valence electrons. The van der Waals surface area contributed by atoms with E-state index in [1.54, 1.807) is 13.1 Å². The number of carbonyl (C=O) groups is 2. The van der Waals surface area contributed by atoms with E-state index in [2.05, 4.69) is 10.3 Å². The van der Waals surface area contributed by atoms with Crippen LogP contribution in [0.1, 0.15) is 27.7 Å². The normalized spacial score (nSPS) is 10.6. The molecule has 0 aliphatic heterocycles. The van der Waals surface area contributed by atoms with E-state index in [-0.39, 0.29) is 11.7 Å². The van der Waals surface area contributed by atoms with Crippen LogP contribution >= 0.6 is 23.1 Å². The van der Waals surface area contributed by atoms with Crippen molar-refractivity contribution in [3.63, 3.8) is 0 Å². The average molecular weight is 353 g/mol. The highest BCUT2D eigenvalue weighted by molar-refractivity contribution is 7.99. The maximum Gasteiger partial charge on any atom is 0.341 e. The van der Waals surface area contributed by atoms with Crippen LogP contribution in [-0.2, 0) is 16.6 Å². The second-order valence-electron chi connectivity index (χ2n) is 4.87. The van der Waals surface area contributed by atoms with Gasteiger partial charge in [0.1, 0.15) is 5.00 Å². The number of hydrogen-bond acceptors (Lipinski definition) is 6. The molecule has 2 heterocycles. The van der Waals surface area contributed by atoms with Gasteiger partial charge in [0.15, 0.2) is 5.16 Å². The van der Waals surface area contributed by atoms with Gasteiger partial charge < -0.3 is 14.6 Å². The highest BCUT2D eigenvalue weighted by Crippen LogP contribution is 2.33. The van der Waals surface area contributed by atoms with E-state index < -0.39 is 5.97 Å². The molecule has 0 aromatic carbocycles. The molecule has 0 aliphatic carbocycles. The molecule has 0 saturated heterocycles. The highest BCUT2D eigenvalue weighted by atomic mass is 32.2. The molecule has 0 fully saturated rings. The number of imidazole rings is 1. The van der Waals surface area contributed by atoms with Crippen molar-refractivity contribution < 1.29 is 14.3 Å². The summed E-state index contributed by atoms with van der Waals surface area (Å²) in [6, 6.07) is 0. The van der Waals surface area contributed by atoms with Gasteiger partial charge in [-0.2, -0.15) is 0 Å². The van der Waals surface area contributed by atoms with Gasteiger partial charge in [-0.3, -0.25) is 4.79 Å². The Kier molecular flexibility index (Phi) is 5.84. The molecule has 0 saturated carbocycles. The molecule has 0 radical (unpaired) electrons. The summed E-state index contributed by atoms with van der Waals surface area (Å²) in [5, 5.41) is 4.13. The predicted octanol–water partition coefficient (Wildman–Crippen LogP) is 3.01. The number of nitrogens with one attached hydrogen (secondary N) is 1. The molecule has 6 nitrogen and oxygen atoms in total. The first kappa shape index (κ1) is 17.6. The van der Waals surface area contributed by atoms with Gasteiger partial charge in [0.2, 0.25) is 5.91 Å². The number of rotatable bonds is 6. The van der Waals surface area contributed by atoms with E-state index >= 15 is 0 Å². The molecule has 23 heavy (non-hydrogen) atoms. The molecular formula is C15H19N3O3S2. The van der Waals surface area contributed by atoms with Crippen LogP contribution in [0, 0.1) is 13.8 Å². The van der Waals surface area contributed by atoms with Crippen LogP contribution in [0.4, 0.5) is 5.00 Å². The summed E-state index contributed by atoms with van der Waals surface area (Å²) in [5.41, 5.74) is 1.30. The number of anilines is 1. The third-order valence-electron chi connectivity index (χ3n) is 3.23.